The van der Waals surface area contributed by atoms with Crippen molar-refractivity contribution in [2.45, 2.75) is 25.3 Å². The summed E-state index contributed by atoms with van der Waals surface area (Å²) in [6.45, 7) is 3.63. The number of rotatable bonds is 11. The summed E-state index contributed by atoms with van der Waals surface area (Å²) in [5.41, 5.74) is 4.75. The third-order valence-corrected chi connectivity index (χ3v) is 6.75. The average Bonchev–Trinajstić information content (AvgIpc) is 3.26. The van der Waals surface area contributed by atoms with Crippen molar-refractivity contribution in [3.8, 4) is 0 Å². The fraction of sp³-hybridized carbons (Fsp3) is 0.421. The number of nitrogens with zero attached hydrogens (tertiary/aromatic N) is 3. The zero-order valence-corrected chi connectivity index (χ0v) is 20.2. The summed E-state index contributed by atoms with van der Waals surface area (Å²) in [5.74, 6) is -2.53. The lowest BCUT2D eigenvalue weighted by atomic mass is 10.0. The Morgan fingerprint density at radius 2 is 2.17 bits per heavy atom. The second-order valence-corrected chi connectivity index (χ2v) is 9.62. The summed E-state index contributed by atoms with van der Waals surface area (Å²) in [4.78, 5) is 69.6. The van der Waals surface area contributed by atoms with Crippen molar-refractivity contribution in [3.63, 3.8) is 0 Å². The van der Waals surface area contributed by atoms with Gasteiger partial charge in [0.1, 0.15) is 36.0 Å². The highest BCUT2D eigenvalue weighted by Gasteiger charge is 2.54. The van der Waals surface area contributed by atoms with E-state index in [1.165, 1.54) is 17.1 Å². The number of thiazole rings is 1. The third kappa shape index (κ3) is 5.89. The van der Waals surface area contributed by atoms with Crippen LogP contribution in [0.4, 0.5) is 9.93 Å². The van der Waals surface area contributed by atoms with Gasteiger partial charge in [0.2, 0.25) is 6.41 Å². The number of fused-ring (bicyclic) bond motifs is 1. The van der Waals surface area contributed by atoms with E-state index < -0.39 is 35.3 Å². The number of aliphatic carboxylic acids is 1. The van der Waals surface area contributed by atoms with Crippen molar-refractivity contribution in [1.29, 1.82) is 0 Å². The number of carbonyl (C=O) groups excluding carboxylic acids is 4. The molecule has 35 heavy (non-hydrogen) atoms. The lowest BCUT2D eigenvalue weighted by Gasteiger charge is -2.49. The largest absolute Gasteiger partial charge is 0.477 e. The maximum absolute atomic E-state index is 13.0. The number of aromatic nitrogens is 1. The number of nitrogens with two attached hydrogens (primary N) is 1. The van der Waals surface area contributed by atoms with Gasteiger partial charge in [-0.3, -0.25) is 19.3 Å². The van der Waals surface area contributed by atoms with E-state index in [4.69, 9.17) is 10.6 Å². The van der Waals surface area contributed by atoms with Crippen LogP contribution in [0.1, 0.15) is 19.5 Å². The Balaban J connectivity index is 1.78. The minimum absolute atomic E-state index is 0.123. The van der Waals surface area contributed by atoms with Gasteiger partial charge in [0.05, 0.1) is 0 Å². The molecule has 0 bridgehead atoms. The first kappa shape index (κ1) is 26.0. The van der Waals surface area contributed by atoms with E-state index in [0.717, 1.165) is 16.2 Å². The number of carboxylic acid groups (broad SMARTS) is 1. The first-order valence-electron chi connectivity index (χ1n) is 10.1. The molecule has 3 heterocycles. The second kappa shape index (κ2) is 11.2. The topological polar surface area (TPSA) is 203 Å². The Hall–Kier alpha value is -3.66. The van der Waals surface area contributed by atoms with Gasteiger partial charge in [0.15, 0.2) is 10.8 Å². The quantitative estimate of drug-likeness (QED) is 0.131. The number of oxime groups is 1. The van der Waals surface area contributed by atoms with E-state index in [1.807, 2.05) is 13.8 Å². The molecule has 1 unspecified atom stereocenters. The minimum Gasteiger partial charge on any atom is -0.477 e. The zero-order valence-electron chi connectivity index (χ0n) is 18.5. The summed E-state index contributed by atoms with van der Waals surface area (Å²) in [5, 5.41) is 19.5. The highest BCUT2D eigenvalue weighted by molar-refractivity contribution is 8.00. The number of hydrogen-bond donors (Lipinski definition) is 4. The SMILES string of the molecule is CC(C)CO/N=C(/C(=O)NC1C(=O)N2C(C(=O)O)=C(COC(N)=O)CS[C@H]12)c1csc(NC=O)n1. The van der Waals surface area contributed by atoms with Crippen LogP contribution in [0, 0.1) is 5.92 Å². The summed E-state index contributed by atoms with van der Waals surface area (Å²) < 4.78 is 4.68. The minimum atomic E-state index is -1.38. The number of amides is 4. The van der Waals surface area contributed by atoms with Gasteiger partial charge >= 0.3 is 12.1 Å². The number of primary amides is 1. The third-order valence-electron chi connectivity index (χ3n) is 4.63. The van der Waals surface area contributed by atoms with Gasteiger partial charge in [-0.1, -0.05) is 19.0 Å². The van der Waals surface area contributed by atoms with Crippen LogP contribution in [0.2, 0.25) is 0 Å². The molecule has 14 nitrogen and oxygen atoms in total. The molecule has 0 spiro atoms. The molecule has 3 rings (SSSR count). The van der Waals surface area contributed by atoms with Crippen LogP contribution in [-0.4, -0.2) is 81.4 Å². The van der Waals surface area contributed by atoms with Gasteiger partial charge in [-0.2, -0.15) is 0 Å². The maximum Gasteiger partial charge on any atom is 0.404 e. The molecular weight excluding hydrogens is 504 g/mol. The van der Waals surface area contributed by atoms with Crippen LogP contribution in [0.25, 0.3) is 0 Å². The molecule has 1 aromatic rings. The molecule has 2 aliphatic heterocycles. The molecule has 1 aromatic heterocycles. The number of hydrogen-bond acceptors (Lipinski definition) is 11. The van der Waals surface area contributed by atoms with E-state index in [2.05, 4.69) is 25.5 Å². The monoisotopic (exact) mass is 526 g/mol. The average molecular weight is 527 g/mol. The number of carbonyl (C=O) groups is 5. The van der Waals surface area contributed by atoms with Crippen LogP contribution in [0.15, 0.2) is 21.8 Å². The van der Waals surface area contributed by atoms with E-state index in [1.54, 1.807) is 0 Å². The maximum atomic E-state index is 13.0. The van der Waals surface area contributed by atoms with E-state index >= 15 is 0 Å². The number of β-lactam (4-membered cyclic amide) rings is 1. The van der Waals surface area contributed by atoms with Crippen molar-refractivity contribution in [2.75, 3.05) is 24.3 Å². The summed E-state index contributed by atoms with van der Waals surface area (Å²) >= 11 is 2.25. The Morgan fingerprint density at radius 1 is 1.43 bits per heavy atom. The Morgan fingerprint density at radius 3 is 2.80 bits per heavy atom. The molecule has 188 valence electrons. The highest BCUT2D eigenvalue weighted by atomic mass is 32.2. The Kier molecular flexibility index (Phi) is 8.29. The fourth-order valence-corrected chi connectivity index (χ4v) is 5.10. The molecular formula is C19H22N6O8S2. The number of nitrogens with one attached hydrogen (secondary N) is 2. The summed E-state index contributed by atoms with van der Waals surface area (Å²) in [7, 11) is 0. The molecule has 2 aliphatic rings. The van der Waals surface area contributed by atoms with Crippen molar-refractivity contribution >= 4 is 64.2 Å². The lowest BCUT2D eigenvalue weighted by molar-refractivity contribution is -0.150. The van der Waals surface area contributed by atoms with Crippen molar-refractivity contribution in [1.82, 2.24) is 15.2 Å². The van der Waals surface area contributed by atoms with E-state index in [9.17, 15) is 29.1 Å². The Labute approximate surface area is 206 Å². The number of anilines is 1. The molecule has 2 atom stereocenters. The number of thioether (sulfide) groups is 1. The lowest BCUT2D eigenvalue weighted by Crippen LogP contribution is -2.71. The smallest absolute Gasteiger partial charge is 0.404 e. The number of carboxylic acids is 1. The molecule has 0 aliphatic carbocycles. The zero-order chi connectivity index (χ0) is 25.7. The van der Waals surface area contributed by atoms with Crippen molar-refractivity contribution in [3.05, 3.63) is 22.3 Å². The van der Waals surface area contributed by atoms with E-state index in [-0.39, 0.29) is 52.7 Å². The standard InChI is InChI=1S/C19H22N6O8S2/c1-8(2)3-33-24-11(10-6-35-19(22-10)21-7-26)14(27)23-12-15(28)25-13(17(29)30)9(4-32-18(20)31)5-34-16(12)25/h6-8,12,16H,3-5H2,1-2H3,(H2,20,31)(H,23,27)(H,29,30)(H,21,22,26)/b24-11+/t12?,16-/m1/s1. The first-order valence-corrected chi connectivity index (χ1v) is 12.1. The van der Waals surface area contributed by atoms with Crippen molar-refractivity contribution in [2.24, 2.45) is 16.8 Å². The molecule has 0 radical (unpaired) electrons. The fourth-order valence-electron chi connectivity index (χ4n) is 3.12. The highest BCUT2D eigenvalue weighted by Crippen LogP contribution is 2.40. The molecule has 16 heteroatoms. The summed E-state index contributed by atoms with van der Waals surface area (Å²) in [6.07, 6.45) is -0.637. The molecule has 0 saturated carbocycles. The predicted octanol–water partition coefficient (Wildman–Crippen LogP) is -0.0780. The summed E-state index contributed by atoms with van der Waals surface area (Å²) in [6, 6.07) is -1.04. The molecule has 5 N–H and O–H groups in total. The van der Waals surface area contributed by atoms with Crippen LogP contribution in [0.3, 0.4) is 0 Å². The first-order chi connectivity index (χ1) is 16.6. The van der Waals surface area contributed by atoms with E-state index in [0.29, 0.717) is 6.41 Å². The molecule has 0 aromatic carbocycles. The normalized spacial score (nSPS) is 19.6. The van der Waals surface area contributed by atoms with Gasteiger partial charge in [-0.05, 0) is 5.92 Å². The molecule has 4 amide bonds. The predicted molar refractivity (Wildman–Crippen MR) is 124 cm³/mol. The van der Waals surface area contributed by atoms with Gasteiger partial charge in [0.25, 0.3) is 11.8 Å². The molecule has 1 fully saturated rings. The van der Waals surface area contributed by atoms with Gasteiger partial charge in [-0.25, -0.2) is 14.6 Å². The van der Waals surface area contributed by atoms with Gasteiger partial charge < -0.3 is 31.0 Å². The van der Waals surface area contributed by atoms with Gasteiger partial charge in [-0.15, -0.1) is 23.1 Å². The van der Waals surface area contributed by atoms with Crippen molar-refractivity contribution < 1.29 is 38.7 Å². The van der Waals surface area contributed by atoms with Gasteiger partial charge in [0, 0.05) is 16.7 Å². The van der Waals surface area contributed by atoms with Crippen LogP contribution in [-0.2, 0) is 28.8 Å². The van der Waals surface area contributed by atoms with Crippen LogP contribution >= 0.6 is 23.1 Å². The van der Waals surface area contributed by atoms with Crippen LogP contribution < -0.4 is 16.4 Å². The number of ether oxygens (including phenoxy) is 1. The molecule has 1 saturated heterocycles. The second-order valence-electron chi connectivity index (χ2n) is 7.66. The van der Waals surface area contributed by atoms with Crippen LogP contribution in [0.5, 0.6) is 0 Å². The Bertz CT molecular complexity index is 1100.